The Hall–Kier alpha value is -4.69. The topological polar surface area (TPSA) is 40.0 Å². The third-order valence-corrected chi connectivity index (χ3v) is 7.27. The zero-order valence-corrected chi connectivity index (χ0v) is 21.9. The van der Waals surface area contributed by atoms with E-state index in [9.17, 15) is 0 Å². The fourth-order valence-corrected chi connectivity index (χ4v) is 5.35. The molecule has 0 fully saturated rings. The SMILES string of the molecule is [C-]#[N+]c1ccccc1-c1ccc(Cn2c(CCC)nc3c(C)cc(-c4nc5ccccc5n4C)cc32)cc1. The van der Waals surface area contributed by atoms with Gasteiger partial charge in [-0.2, -0.15) is 0 Å². The van der Waals surface area contributed by atoms with Crippen LogP contribution in [0.1, 0.15) is 30.3 Å². The van der Waals surface area contributed by atoms with Crippen molar-refractivity contribution in [3.05, 3.63) is 113 Å². The largest absolute Gasteiger partial charge is 0.327 e. The standard InChI is InChI=1S/C33H29N5/c1-5-10-31-36-32-22(2)19-25(33-35-28-13-8-9-14-29(28)37(33)4)20-30(32)38(31)21-23-15-17-24(18-16-23)26-11-6-7-12-27(26)34-3/h6-9,11-20H,5,10,21H2,1-2,4H3. The van der Waals surface area contributed by atoms with E-state index in [2.05, 4.69) is 89.5 Å². The molecule has 6 rings (SSSR count). The number of imidazole rings is 2. The summed E-state index contributed by atoms with van der Waals surface area (Å²) in [7, 11) is 2.08. The first-order chi connectivity index (χ1) is 18.6. The van der Waals surface area contributed by atoms with Gasteiger partial charge in [-0.1, -0.05) is 67.6 Å². The van der Waals surface area contributed by atoms with E-state index >= 15 is 0 Å². The van der Waals surface area contributed by atoms with E-state index in [1.54, 1.807) is 0 Å². The molecule has 0 saturated carbocycles. The Bertz CT molecular complexity index is 1830. The molecule has 5 heteroatoms. The average Bonchev–Trinajstić information content (AvgIpc) is 3.47. The molecule has 0 atom stereocenters. The first-order valence-corrected chi connectivity index (χ1v) is 13.0. The Labute approximate surface area is 222 Å². The fraction of sp³-hybridized carbons (Fsp3) is 0.182. The van der Waals surface area contributed by atoms with Crippen molar-refractivity contribution in [1.29, 1.82) is 0 Å². The van der Waals surface area contributed by atoms with Gasteiger partial charge in [-0.05, 0) is 59.9 Å². The molecule has 5 nitrogen and oxygen atoms in total. The van der Waals surface area contributed by atoms with Crippen LogP contribution >= 0.6 is 0 Å². The van der Waals surface area contributed by atoms with Crippen molar-refractivity contribution in [3.8, 4) is 22.5 Å². The highest BCUT2D eigenvalue weighted by Gasteiger charge is 2.17. The maximum absolute atomic E-state index is 7.50. The van der Waals surface area contributed by atoms with Crippen molar-refractivity contribution >= 4 is 27.8 Å². The number of rotatable bonds is 6. The predicted molar refractivity (Wildman–Crippen MR) is 155 cm³/mol. The second-order valence-corrected chi connectivity index (χ2v) is 9.83. The summed E-state index contributed by atoms with van der Waals surface area (Å²) in [4.78, 5) is 13.7. The lowest BCUT2D eigenvalue weighted by Crippen LogP contribution is -2.05. The molecule has 0 radical (unpaired) electrons. The van der Waals surface area contributed by atoms with Gasteiger partial charge in [0.1, 0.15) is 11.6 Å². The van der Waals surface area contributed by atoms with E-state index in [4.69, 9.17) is 16.5 Å². The third-order valence-electron chi connectivity index (χ3n) is 7.27. The van der Waals surface area contributed by atoms with Crippen LogP contribution in [0.15, 0.2) is 84.9 Å². The summed E-state index contributed by atoms with van der Waals surface area (Å²) in [6.07, 6.45) is 1.96. The molecule has 0 spiro atoms. The number of aryl methyl sites for hydroxylation is 3. The molecular weight excluding hydrogens is 466 g/mol. The first kappa shape index (κ1) is 23.7. The van der Waals surface area contributed by atoms with Crippen LogP contribution in [0.25, 0.3) is 49.4 Å². The van der Waals surface area contributed by atoms with Gasteiger partial charge < -0.3 is 9.13 Å². The predicted octanol–water partition coefficient (Wildman–Crippen LogP) is 8.12. The number of benzene rings is 4. The summed E-state index contributed by atoms with van der Waals surface area (Å²) in [5.74, 6) is 2.07. The number of fused-ring (bicyclic) bond motifs is 2. The van der Waals surface area contributed by atoms with Crippen molar-refractivity contribution in [2.24, 2.45) is 7.05 Å². The summed E-state index contributed by atoms with van der Waals surface area (Å²) in [5, 5.41) is 0. The molecule has 2 aromatic heterocycles. The Morgan fingerprint density at radius 2 is 1.61 bits per heavy atom. The maximum atomic E-state index is 7.50. The molecule has 6 aromatic rings. The van der Waals surface area contributed by atoms with Gasteiger partial charge in [0.2, 0.25) is 0 Å². The zero-order chi connectivity index (χ0) is 26.2. The summed E-state index contributed by atoms with van der Waals surface area (Å²) in [6.45, 7) is 12.6. The van der Waals surface area contributed by atoms with Crippen molar-refractivity contribution in [2.75, 3.05) is 0 Å². The molecule has 0 aliphatic carbocycles. The van der Waals surface area contributed by atoms with Gasteiger partial charge in [0.05, 0.1) is 28.6 Å². The number of hydrogen-bond donors (Lipinski definition) is 0. The highest BCUT2D eigenvalue weighted by Crippen LogP contribution is 2.32. The minimum atomic E-state index is 0.677. The average molecular weight is 496 g/mol. The van der Waals surface area contributed by atoms with Crippen molar-refractivity contribution in [3.63, 3.8) is 0 Å². The zero-order valence-electron chi connectivity index (χ0n) is 21.9. The highest BCUT2D eigenvalue weighted by molar-refractivity contribution is 5.87. The Kier molecular flexibility index (Phi) is 6.01. The molecule has 0 aliphatic rings. The highest BCUT2D eigenvalue weighted by atomic mass is 15.1. The van der Waals surface area contributed by atoms with Crippen molar-refractivity contribution in [1.82, 2.24) is 19.1 Å². The van der Waals surface area contributed by atoms with Crippen LogP contribution in [0, 0.1) is 13.5 Å². The van der Waals surface area contributed by atoms with Crippen LogP contribution in [0.5, 0.6) is 0 Å². The number of hydrogen-bond acceptors (Lipinski definition) is 2. The van der Waals surface area contributed by atoms with Crippen molar-refractivity contribution in [2.45, 2.75) is 33.2 Å². The Morgan fingerprint density at radius 1 is 0.842 bits per heavy atom. The minimum Gasteiger partial charge on any atom is -0.327 e. The van der Waals surface area contributed by atoms with Gasteiger partial charge in [0.15, 0.2) is 5.69 Å². The van der Waals surface area contributed by atoms with Crippen LogP contribution < -0.4 is 0 Å². The maximum Gasteiger partial charge on any atom is 0.194 e. The van der Waals surface area contributed by atoms with Crippen LogP contribution in [0.4, 0.5) is 5.69 Å². The molecule has 4 aromatic carbocycles. The van der Waals surface area contributed by atoms with Gasteiger partial charge in [-0.25, -0.2) is 14.8 Å². The van der Waals surface area contributed by atoms with Crippen molar-refractivity contribution < 1.29 is 0 Å². The molecule has 0 unspecified atom stereocenters. The number of para-hydroxylation sites is 3. The quantitative estimate of drug-likeness (QED) is 0.219. The lowest BCUT2D eigenvalue weighted by Gasteiger charge is -2.12. The minimum absolute atomic E-state index is 0.677. The summed E-state index contributed by atoms with van der Waals surface area (Å²) >= 11 is 0. The normalized spacial score (nSPS) is 11.3. The van der Waals surface area contributed by atoms with E-state index in [0.29, 0.717) is 5.69 Å². The van der Waals surface area contributed by atoms with Crippen LogP contribution in [0.3, 0.4) is 0 Å². The number of nitrogens with zero attached hydrogens (tertiary/aromatic N) is 5. The molecular formula is C33H29N5. The van der Waals surface area contributed by atoms with E-state index in [-0.39, 0.29) is 0 Å². The second-order valence-electron chi connectivity index (χ2n) is 9.83. The number of aromatic nitrogens is 4. The lowest BCUT2D eigenvalue weighted by atomic mass is 10.0. The summed E-state index contributed by atoms with van der Waals surface area (Å²) < 4.78 is 4.53. The van der Waals surface area contributed by atoms with Crippen LogP contribution in [0.2, 0.25) is 0 Å². The second kappa shape index (κ2) is 9.64. The fourth-order valence-electron chi connectivity index (χ4n) is 5.35. The molecule has 0 N–H and O–H groups in total. The van der Waals surface area contributed by atoms with E-state index in [0.717, 1.165) is 75.4 Å². The van der Waals surface area contributed by atoms with Gasteiger partial charge >= 0.3 is 0 Å². The van der Waals surface area contributed by atoms with E-state index < -0.39 is 0 Å². The molecule has 0 saturated heterocycles. The van der Waals surface area contributed by atoms with Gasteiger partial charge in [0, 0.05) is 25.6 Å². The van der Waals surface area contributed by atoms with E-state index in [1.807, 2.05) is 30.3 Å². The monoisotopic (exact) mass is 495 g/mol. The van der Waals surface area contributed by atoms with E-state index in [1.165, 1.54) is 5.56 Å². The van der Waals surface area contributed by atoms with Gasteiger partial charge in [-0.15, -0.1) is 0 Å². The first-order valence-electron chi connectivity index (χ1n) is 13.0. The molecule has 186 valence electrons. The summed E-state index contributed by atoms with van der Waals surface area (Å²) in [6, 6.07) is 29.1. The Balaban J connectivity index is 1.43. The van der Waals surface area contributed by atoms with Crippen LogP contribution in [-0.4, -0.2) is 19.1 Å². The third kappa shape index (κ3) is 4.05. The van der Waals surface area contributed by atoms with Crippen LogP contribution in [-0.2, 0) is 20.0 Å². The summed E-state index contributed by atoms with van der Waals surface area (Å²) in [5.41, 5.74) is 10.5. The van der Waals surface area contributed by atoms with Gasteiger partial charge in [0.25, 0.3) is 0 Å². The lowest BCUT2D eigenvalue weighted by molar-refractivity contribution is 0.722. The Morgan fingerprint density at radius 3 is 2.37 bits per heavy atom. The molecule has 0 amide bonds. The molecule has 0 aliphatic heterocycles. The molecule has 2 heterocycles. The molecule has 0 bridgehead atoms. The smallest absolute Gasteiger partial charge is 0.194 e. The molecule has 38 heavy (non-hydrogen) atoms. The van der Waals surface area contributed by atoms with Gasteiger partial charge in [-0.3, -0.25) is 0 Å².